The van der Waals surface area contributed by atoms with E-state index >= 15 is 0 Å². The maximum Gasteiger partial charge on any atom is 0.209 e. The second-order valence-corrected chi connectivity index (χ2v) is 8.85. The third-order valence-electron chi connectivity index (χ3n) is 7.08. The van der Waals surface area contributed by atoms with E-state index in [1.165, 1.54) is 77.5 Å². The Morgan fingerprint density at radius 3 is 2.63 bits per heavy atom. The molecule has 27 heavy (non-hydrogen) atoms. The average molecular weight is 379 g/mol. The summed E-state index contributed by atoms with van der Waals surface area (Å²) >= 11 is 0. The van der Waals surface area contributed by atoms with Crippen molar-refractivity contribution in [3.05, 3.63) is 5.82 Å². The number of unbranched alkanes of at least 4 members (excludes halogenated alkanes) is 1. The summed E-state index contributed by atoms with van der Waals surface area (Å²) in [5.41, 5.74) is 0. The van der Waals surface area contributed by atoms with Crippen molar-refractivity contribution in [3.63, 3.8) is 0 Å². The fourth-order valence-electron chi connectivity index (χ4n) is 5.48. The van der Waals surface area contributed by atoms with Crippen molar-refractivity contribution in [1.82, 2.24) is 20.2 Å². The number of nitrogens with zero attached hydrogens (tertiary/aromatic N) is 4. The number of piperazine rings is 1. The highest BCUT2D eigenvalue weighted by atomic mass is 16.5. The lowest BCUT2D eigenvalue weighted by molar-refractivity contribution is -1.04. The van der Waals surface area contributed by atoms with Gasteiger partial charge in [0.1, 0.15) is 32.2 Å². The molecule has 1 aromatic rings. The van der Waals surface area contributed by atoms with Gasteiger partial charge < -0.3 is 14.5 Å². The summed E-state index contributed by atoms with van der Waals surface area (Å²) in [6.45, 7) is 9.13. The van der Waals surface area contributed by atoms with Crippen LogP contribution in [0.2, 0.25) is 0 Å². The van der Waals surface area contributed by atoms with E-state index in [1.54, 1.807) is 4.90 Å². The van der Waals surface area contributed by atoms with Gasteiger partial charge in [0, 0.05) is 13.0 Å². The summed E-state index contributed by atoms with van der Waals surface area (Å²) < 4.78 is 7.89. The lowest BCUT2D eigenvalue weighted by atomic mass is 10.1. The first-order chi connectivity index (χ1) is 13.3. The van der Waals surface area contributed by atoms with Crippen LogP contribution in [0.15, 0.2) is 0 Å². The van der Waals surface area contributed by atoms with Crippen molar-refractivity contribution in [2.45, 2.75) is 89.4 Å². The largest absolute Gasteiger partial charge is 0.376 e. The Bertz CT molecular complexity index is 559. The van der Waals surface area contributed by atoms with Crippen LogP contribution in [0.4, 0.5) is 0 Å². The molecule has 3 aliphatic rings. The molecular weight excluding hydrogens is 340 g/mol. The molecule has 3 fully saturated rings. The van der Waals surface area contributed by atoms with E-state index in [4.69, 9.17) is 4.74 Å². The van der Waals surface area contributed by atoms with Crippen molar-refractivity contribution in [3.8, 4) is 0 Å². The Balaban J connectivity index is 1.41. The second-order valence-electron chi connectivity index (χ2n) is 8.85. The van der Waals surface area contributed by atoms with Crippen molar-refractivity contribution in [1.29, 1.82) is 0 Å². The lowest BCUT2D eigenvalue weighted by Gasteiger charge is -2.36. The van der Waals surface area contributed by atoms with E-state index in [0.717, 1.165) is 31.4 Å². The number of rotatable bonds is 8. The van der Waals surface area contributed by atoms with Gasteiger partial charge in [0.2, 0.25) is 5.82 Å². The van der Waals surface area contributed by atoms with E-state index in [2.05, 4.69) is 27.1 Å². The lowest BCUT2D eigenvalue weighted by Crippen LogP contribution is -3.29. The van der Waals surface area contributed by atoms with Gasteiger partial charge in [-0.25, -0.2) is 4.68 Å². The molecule has 7 nitrogen and oxygen atoms in total. The Hall–Kier alpha value is -1.05. The van der Waals surface area contributed by atoms with Gasteiger partial charge in [-0.05, 0) is 55.4 Å². The minimum Gasteiger partial charge on any atom is -0.376 e. The number of hydrogen-bond acceptors (Lipinski definition) is 4. The standard InChI is InChI=1S/C20H36N6O/c1-2-3-10-19(20-21-22-23-26(20)16-18-9-6-15-27-18)25-13-11-24(12-14-25)17-7-4-5-8-17/h17-19H,2-16H2,1H3/p+2/t18-,19-/m1/s1. The molecule has 0 spiro atoms. The van der Waals surface area contributed by atoms with Gasteiger partial charge in [0.15, 0.2) is 0 Å². The molecule has 0 aromatic carbocycles. The van der Waals surface area contributed by atoms with Crippen molar-refractivity contribution < 1.29 is 14.5 Å². The minimum atomic E-state index is 0.290. The van der Waals surface area contributed by atoms with Gasteiger partial charge in [-0.15, -0.1) is 5.10 Å². The first-order valence-electron chi connectivity index (χ1n) is 11.4. The van der Waals surface area contributed by atoms with E-state index < -0.39 is 0 Å². The van der Waals surface area contributed by atoms with Gasteiger partial charge in [-0.1, -0.05) is 13.3 Å². The maximum absolute atomic E-state index is 5.83. The molecule has 2 N–H and O–H groups in total. The Morgan fingerprint density at radius 1 is 1.11 bits per heavy atom. The molecule has 2 saturated heterocycles. The minimum absolute atomic E-state index is 0.290. The van der Waals surface area contributed by atoms with Crippen LogP contribution in [0.1, 0.15) is 76.6 Å². The second kappa shape index (κ2) is 9.43. The third-order valence-corrected chi connectivity index (χ3v) is 7.08. The Kier molecular flexibility index (Phi) is 6.73. The summed E-state index contributed by atoms with van der Waals surface area (Å²) in [6, 6.07) is 1.37. The predicted octanol–water partition coefficient (Wildman–Crippen LogP) is -0.191. The van der Waals surface area contributed by atoms with Crippen molar-refractivity contribution >= 4 is 0 Å². The number of hydrogen-bond donors (Lipinski definition) is 2. The average Bonchev–Trinajstić information content (AvgIpc) is 3.47. The molecule has 1 saturated carbocycles. The zero-order chi connectivity index (χ0) is 18.5. The molecule has 3 heterocycles. The van der Waals surface area contributed by atoms with Gasteiger partial charge >= 0.3 is 0 Å². The number of quaternary nitrogens is 2. The van der Waals surface area contributed by atoms with E-state index in [-0.39, 0.29) is 6.10 Å². The molecule has 0 unspecified atom stereocenters. The van der Waals surface area contributed by atoms with E-state index in [1.807, 2.05) is 4.90 Å². The van der Waals surface area contributed by atoms with Crippen molar-refractivity contribution in [2.24, 2.45) is 0 Å². The molecule has 7 heteroatoms. The first-order valence-corrected chi connectivity index (χ1v) is 11.4. The highest BCUT2D eigenvalue weighted by molar-refractivity contribution is 4.89. The molecule has 2 atom stereocenters. The highest BCUT2D eigenvalue weighted by Gasteiger charge is 2.37. The van der Waals surface area contributed by atoms with E-state index in [9.17, 15) is 0 Å². The molecule has 1 aromatic heterocycles. The summed E-state index contributed by atoms with van der Waals surface area (Å²) in [4.78, 5) is 3.57. The Morgan fingerprint density at radius 2 is 1.93 bits per heavy atom. The van der Waals surface area contributed by atoms with Crippen LogP contribution in [0, 0.1) is 0 Å². The number of tetrazole rings is 1. The quantitative estimate of drug-likeness (QED) is 0.658. The number of nitrogens with one attached hydrogen (secondary N) is 2. The zero-order valence-electron chi connectivity index (χ0n) is 17.0. The van der Waals surface area contributed by atoms with Crippen LogP contribution < -0.4 is 9.80 Å². The topological polar surface area (TPSA) is 61.7 Å². The van der Waals surface area contributed by atoms with Crippen LogP contribution in [-0.4, -0.2) is 65.1 Å². The molecule has 0 radical (unpaired) electrons. The summed E-state index contributed by atoms with van der Waals surface area (Å²) in [5.74, 6) is 1.10. The SMILES string of the molecule is CCCC[C@H](c1nnnn1C[C@H]1CCCO1)[NH+]1CC[NH+](C2CCCC2)CC1. The van der Waals surface area contributed by atoms with Gasteiger partial charge in [-0.3, -0.25) is 0 Å². The Labute approximate surface area is 163 Å². The fourth-order valence-corrected chi connectivity index (χ4v) is 5.48. The summed E-state index contributed by atoms with van der Waals surface area (Å²) in [6.07, 6.45) is 12.1. The van der Waals surface area contributed by atoms with Crippen LogP contribution in [0.5, 0.6) is 0 Å². The molecule has 152 valence electrons. The maximum atomic E-state index is 5.83. The molecule has 0 bridgehead atoms. The van der Waals surface area contributed by atoms with Gasteiger partial charge in [-0.2, -0.15) is 0 Å². The third kappa shape index (κ3) is 4.69. The predicted molar refractivity (Wildman–Crippen MR) is 103 cm³/mol. The molecule has 2 aliphatic heterocycles. The van der Waals surface area contributed by atoms with Gasteiger partial charge in [0.05, 0.1) is 18.7 Å². The fraction of sp³-hybridized carbons (Fsp3) is 0.950. The molecule has 1 aliphatic carbocycles. The van der Waals surface area contributed by atoms with Crippen LogP contribution in [0.3, 0.4) is 0 Å². The van der Waals surface area contributed by atoms with E-state index in [0.29, 0.717) is 6.04 Å². The first kappa shape index (κ1) is 19.3. The van der Waals surface area contributed by atoms with Gasteiger partial charge in [0.25, 0.3) is 0 Å². The monoisotopic (exact) mass is 378 g/mol. The molecule has 4 rings (SSSR count). The normalized spacial score (nSPS) is 30.8. The number of aromatic nitrogens is 4. The highest BCUT2D eigenvalue weighted by Crippen LogP contribution is 2.18. The molecular formula is C20H38N6O+2. The van der Waals surface area contributed by atoms with Crippen molar-refractivity contribution in [2.75, 3.05) is 32.8 Å². The number of ether oxygens (including phenoxy) is 1. The molecule has 0 amide bonds. The summed E-state index contributed by atoms with van der Waals surface area (Å²) in [7, 11) is 0. The smallest absolute Gasteiger partial charge is 0.209 e. The zero-order valence-corrected chi connectivity index (χ0v) is 17.0. The summed E-state index contributed by atoms with van der Waals surface area (Å²) in [5, 5.41) is 12.9. The van der Waals surface area contributed by atoms with Crippen LogP contribution in [0.25, 0.3) is 0 Å². The van der Waals surface area contributed by atoms with Crippen LogP contribution >= 0.6 is 0 Å². The van der Waals surface area contributed by atoms with Crippen LogP contribution in [-0.2, 0) is 11.3 Å².